The normalized spacial score (nSPS) is 11.0. The maximum Gasteiger partial charge on any atom is 0.0618 e. The van der Waals surface area contributed by atoms with Gasteiger partial charge in [0.15, 0.2) is 0 Å². The van der Waals surface area contributed by atoms with Crippen molar-refractivity contribution in [2.24, 2.45) is 0 Å². The lowest BCUT2D eigenvalue weighted by molar-refractivity contribution is 0.426. The van der Waals surface area contributed by atoms with E-state index in [1.807, 2.05) is 0 Å². The van der Waals surface area contributed by atoms with Crippen LogP contribution < -0.4 is 5.32 Å². The molecule has 1 nitrogen and oxygen atoms in total. The van der Waals surface area contributed by atoms with Crippen molar-refractivity contribution in [1.29, 1.82) is 0 Å². The molecule has 0 aromatic rings. The zero-order valence-corrected chi connectivity index (χ0v) is 7.22. The van der Waals surface area contributed by atoms with Gasteiger partial charge in [-0.3, -0.25) is 0 Å². The topological polar surface area (TPSA) is 12.0 Å². The van der Waals surface area contributed by atoms with Crippen molar-refractivity contribution < 1.29 is 0 Å². The maximum atomic E-state index is 4.68. The van der Waals surface area contributed by atoms with Crippen LogP contribution in [0.15, 0.2) is 0 Å². The Hall–Kier alpha value is -0.110. The second-order valence-electron chi connectivity index (χ2n) is 2.90. The lowest BCUT2D eigenvalue weighted by Gasteiger charge is -2.23. The van der Waals surface area contributed by atoms with E-state index in [1.165, 1.54) is 12.8 Å². The Morgan fingerprint density at radius 3 is 2.44 bits per heavy atom. The first-order chi connectivity index (χ1) is 4.12. The fraction of sp³-hybridized carbons (Fsp3) is 0.857. The van der Waals surface area contributed by atoms with E-state index in [2.05, 4.69) is 38.3 Å². The van der Waals surface area contributed by atoms with Gasteiger partial charge in [0.25, 0.3) is 0 Å². The minimum atomic E-state index is 0.191. The minimum Gasteiger partial charge on any atom is -0.377 e. The molecular weight excluding hydrogens is 130 g/mol. The van der Waals surface area contributed by atoms with Crippen molar-refractivity contribution in [2.75, 3.05) is 0 Å². The first-order valence-corrected chi connectivity index (χ1v) is 3.81. The second-order valence-corrected chi connectivity index (χ2v) is 3.13. The molecule has 0 rings (SSSR count). The fourth-order valence-corrected chi connectivity index (χ4v) is 1.18. The Labute approximate surface area is 62.8 Å². The van der Waals surface area contributed by atoms with Crippen LogP contribution in [0.1, 0.15) is 33.6 Å². The Morgan fingerprint density at radius 2 is 2.11 bits per heavy atom. The Morgan fingerprint density at radius 1 is 1.56 bits per heavy atom. The SMILES string of the molecule is CCCC(C)(C)NC=S. The Balaban J connectivity index is 3.55. The zero-order valence-electron chi connectivity index (χ0n) is 6.40. The van der Waals surface area contributed by atoms with Crippen LogP contribution in [0.5, 0.6) is 0 Å². The monoisotopic (exact) mass is 145 g/mol. The van der Waals surface area contributed by atoms with E-state index < -0.39 is 0 Å². The molecule has 1 N–H and O–H groups in total. The molecule has 0 bridgehead atoms. The summed E-state index contributed by atoms with van der Waals surface area (Å²) >= 11 is 4.68. The van der Waals surface area contributed by atoms with Gasteiger partial charge in [0.05, 0.1) is 5.49 Å². The van der Waals surface area contributed by atoms with Gasteiger partial charge in [0.1, 0.15) is 0 Å². The molecule has 0 aliphatic heterocycles. The molecular formula is C7H15NS. The van der Waals surface area contributed by atoms with E-state index in [0.717, 1.165) is 0 Å². The van der Waals surface area contributed by atoms with Crippen LogP contribution in [-0.4, -0.2) is 11.0 Å². The van der Waals surface area contributed by atoms with Crippen LogP contribution in [0, 0.1) is 0 Å². The van der Waals surface area contributed by atoms with Gasteiger partial charge < -0.3 is 5.32 Å². The van der Waals surface area contributed by atoms with E-state index in [0.29, 0.717) is 0 Å². The summed E-state index contributed by atoms with van der Waals surface area (Å²) in [7, 11) is 0. The van der Waals surface area contributed by atoms with Crippen LogP contribution in [0.4, 0.5) is 0 Å². The fourth-order valence-electron chi connectivity index (χ4n) is 0.857. The number of rotatable bonds is 4. The van der Waals surface area contributed by atoms with Crippen molar-refractivity contribution in [2.45, 2.75) is 39.2 Å². The summed E-state index contributed by atoms with van der Waals surface area (Å²) in [4.78, 5) is 0. The molecule has 0 atom stereocenters. The Bertz CT molecular complexity index is 88.9. The largest absolute Gasteiger partial charge is 0.377 e. The third-order valence-electron chi connectivity index (χ3n) is 1.32. The summed E-state index contributed by atoms with van der Waals surface area (Å²) in [5, 5.41) is 3.11. The van der Waals surface area contributed by atoms with Gasteiger partial charge in [-0.1, -0.05) is 25.6 Å². The van der Waals surface area contributed by atoms with Gasteiger partial charge in [-0.05, 0) is 20.3 Å². The van der Waals surface area contributed by atoms with Crippen molar-refractivity contribution in [3.8, 4) is 0 Å². The van der Waals surface area contributed by atoms with Gasteiger partial charge >= 0.3 is 0 Å². The summed E-state index contributed by atoms with van der Waals surface area (Å²) in [6.45, 7) is 6.48. The highest BCUT2D eigenvalue weighted by Gasteiger charge is 2.12. The van der Waals surface area contributed by atoms with Gasteiger partial charge in [-0.15, -0.1) is 0 Å². The molecule has 0 heterocycles. The lowest BCUT2D eigenvalue weighted by Crippen LogP contribution is -2.37. The number of nitrogens with one attached hydrogen (secondary N) is 1. The van der Waals surface area contributed by atoms with E-state index in [-0.39, 0.29) is 5.54 Å². The lowest BCUT2D eigenvalue weighted by atomic mass is 10.00. The van der Waals surface area contributed by atoms with Crippen LogP contribution in [0.25, 0.3) is 0 Å². The zero-order chi connectivity index (χ0) is 7.33. The summed E-state index contributed by atoms with van der Waals surface area (Å²) in [6, 6.07) is 0. The first-order valence-electron chi connectivity index (χ1n) is 3.34. The summed E-state index contributed by atoms with van der Waals surface area (Å²) in [5.41, 5.74) is 1.78. The molecule has 2 heteroatoms. The van der Waals surface area contributed by atoms with Gasteiger partial charge in [0.2, 0.25) is 0 Å². The second kappa shape index (κ2) is 3.83. The van der Waals surface area contributed by atoms with E-state index in [9.17, 15) is 0 Å². The van der Waals surface area contributed by atoms with Crippen molar-refractivity contribution in [1.82, 2.24) is 5.32 Å². The Kier molecular flexibility index (Phi) is 3.78. The highest BCUT2D eigenvalue weighted by atomic mass is 32.1. The van der Waals surface area contributed by atoms with Crippen LogP contribution >= 0.6 is 12.2 Å². The molecule has 0 aromatic carbocycles. The van der Waals surface area contributed by atoms with Crippen molar-refractivity contribution in [3.05, 3.63) is 0 Å². The van der Waals surface area contributed by atoms with E-state index in [4.69, 9.17) is 0 Å². The quantitative estimate of drug-likeness (QED) is 0.608. The molecule has 0 saturated carbocycles. The molecule has 9 heavy (non-hydrogen) atoms. The van der Waals surface area contributed by atoms with Crippen LogP contribution in [0.3, 0.4) is 0 Å². The summed E-state index contributed by atoms with van der Waals surface area (Å²) in [6.07, 6.45) is 2.36. The molecule has 0 unspecified atom stereocenters. The van der Waals surface area contributed by atoms with Gasteiger partial charge in [0, 0.05) is 5.54 Å². The first kappa shape index (κ1) is 8.89. The third-order valence-corrected chi connectivity index (χ3v) is 1.44. The minimum absolute atomic E-state index is 0.191. The van der Waals surface area contributed by atoms with Crippen molar-refractivity contribution >= 4 is 17.7 Å². The van der Waals surface area contributed by atoms with E-state index >= 15 is 0 Å². The van der Waals surface area contributed by atoms with Crippen molar-refractivity contribution in [3.63, 3.8) is 0 Å². The summed E-state index contributed by atoms with van der Waals surface area (Å²) < 4.78 is 0. The predicted octanol–water partition coefficient (Wildman–Crippen LogP) is 2.11. The third kappa shape index (κ3) is 4.40. The molecule has 0 fully saturated rings. The molecule has 0 aliphatic carbocycles. The highest BCUT2D eigenvalue weighted by Crippen LogP contribution is 2.08. The molecule has 0 spiro atoms. The van der Waals surface area contributed by atoms with Crippen LogP contribution in [-0.2, 0) is 0 Å². The average Bonchev–Trinajstić information content (AvgIpc) is 1.64. The number of hydrogen-bond donors (Lipinski definition) is 1. The smallest absolute Gasteiger partial charge is 0.0618 e. The van der Waals surface area contributed by atoms with Gasteiger partial charge in [-0.2, -0.15) is 0 Å². The molecule has 0 aromatic heterocycles. The highest BCUT2D eigenvalue weighted by molar-refractivity contribution is 7.78. The van der Waals surface area contributed by atoms with E-state index in [1.54, 1.807) is 5.49 Å². The maximum absolute atomic E-state index is 4.68. The molecule has 54 valence electrons. The van der Waals surface area contributed by atoms with Gasteiger partial charge in [-0.25, -0.2) is 0 Å². The predicted molar refractivity (Wildman–Crippen MR) is 45.8 cm³/mol. The summed E-state index contributed by atoms with van der Waals surface area (Å²) in [5.74, 6) is 0. The average molecular weight is 145 g/mol. The molecule has 0 saturated heterocycles. The number of hydrogen-bond acceptors (Lipinski definition) is 1. The molecule has 0 aliphatic rings. The number of thiocarbonyl (C=S) groups is 1. The molecule has 0 radical (unpaired) electrons. The van der Waals surface area contributed by atoms with Crippen LogP contribution in [0.2, 0.25) is 0 Å². The molecule has 0 amide bonds. The standard InChI is InChI=1S/C7H15NS/c1-4-5-7(2,3)8-6-9/h6H,4-5H2,1-3H3,(H,8,9).